The molecule has 0 radical (unpaired) electrons. The van der Waals surface area contributed by atoms with Gasteiger partial charge in [0.15, 0.2) is 0 Å². The SMILES string of the molecule is Cc1cc(N(C)CCC#N)n2ncnc2n1. The Labute approximate surface area is 93.2 Å². The summed E-state index contributed by atoms with van der Waals surface area (Å²) < 4.78 is 1.67. The summed E-state index contributed by atoms with van der Waals surface area (Å²) in [6.07, 6.45) is 1.96. The first-order valence-corrected chi connectivity index (χ1v) is 4.98. The molecule has 6 heteroatoms. The Morgan fingerprint density at radius 2 is 2.38 bits per heavy atom. The maximum atomic E-state index is 8.57. The average molecular weight is 216 g/mol. The fraction of sp³-hybridized carbons (Fsp3) is 0.400. The van der Waals surface area contributed by atoms with Crippen molar-refractivity contribution in [2.75, 3.05) is 18.5 Å². The van der Waals surface area contributed by atoms with E-state index < -0.39 is 0 Å². The van der Waals surface area contributed by atoms with E-state index in [0.29, 0.717) is 18.7 Å². The predicted molar refractivity (Wildman–Crippen MR) is 59.0 cm³/mol. The van der Waals surface area contributed by atoms with E-state index in [-0.39, 0.29) is 0 Å². The van der Waals surface area contributed by atoms with Crippen LogP contribution in [0.5, 0.6) is 0 Å². The minimum absolute atomic E-state index is 0.480. The Balaban J connectivity index is 2.42. The van der Waals surface area contributed by atoms with E-state index in [4.69, 9.17) is 5.26 Å². The topological polar surface area (TPSA) is 70.1 Å². The van der Waals surface area contributed by atoms with Crippen molar-refractivity contribution in [2.24, 2.45) is 0 Å². The molecule has 0 spiro atoms. The lowest BCUT2D eigenvalue weighted by molar-refractivity contribution is 0.824. The van der Waals surface area contributed by atoms with Gasteiger partial charge in [0, 0.05) is 25.4 Å². The summed E-state index contributed by atoms with van der Waals surface area (Å²) in [4.78, 5) is 10.3. The number of anilines is 1. The first-order chi connectivity index (χ1) is 7.72. The van der Waals surface area contributed by atoms with Crippen LogP contribution in [-0.4, -0.2) is 33.2 Å². The van der Waals surface area contributed by atoms with E-state index >= 15 is 0 Å². The first kappa shape index (κ1) is 10.4. The maximum absolute atomic E-state index is 8.57. The van der Waals surface area contributed by atoms with Crippen LogP contribution >= 0.6 is 0 Å². The summed E-state index contributed by atoms with van der Waals surface area (Å²) >= 11 is 0. The molecule has 0 saturated carbocycles. The third-order valence-electron chi connectivity index (χ3n) is 2.31. The van der Waals surface area contributed by atoms with Crippen LogP contribution in [-0.2, 0) is 0 Å². The monoisotopic (exact) mass is 216 g/mol. The van der Waals surface area contributed by atoms with Crippen LogP contribution in [0, 0.1) is 18.3 Å². The highest BCUT2D eigenvalue weighted by molar-refractivity contribution is 5.46. The smallest absolute Gasteiger partial charge is 0.254 e. The Kier molecular flexibility index (Phi) is 2.68. The van der Waals surface area contributed by atoms with E-state index in [1.165, 1.54) is 6.33 Å². The molecule has 0 unspecified atom stereocenters. The molecule has 2 aromatic rings. The van der Waals surface area contributed by atoms with Crippen LogP contribution in [0.4, 0.5) is 5.82 Å². The zero-order chi connectivity index (χ0) is 11.5. The number of aryl methyl sites for hydroxylation is 1. The number of aromatic nitrogens is 4. The second kappa shape index (κ2) is 4.14. The van der Waals surface area contributed by atoms with Crippen molar-refractivity contribution in [3.8, 4) is 6.07 Å². The summed E-state index contributed by atoms with van der Waals surface area (Å²) in [7, 11) is 1.92. The normalized spacial score (nSPS) is 10.3. The molecule has 2 aromatic heterocycles. The van der Waals surface area contributed by atoms with Gasteiger partial charge >= 0.3 is 0 Å². The average Bonchev–Trinajstić information content (AvgIpc) is 2.72. The van der Waals surface area contributed by atoms with Crippen molar-refractivity contribution in [2.45, 2.75) is 13.3 Å². The highest BCUT2D eigenvalue weighted by Gasteiger charge is 2.09. The Bertz CT molecular complexity index is 538. The van der Waals surface area contributed by atoms with Crippen LogP contribution in [0.3, 0.4) is 0 Å². The number of fused-ring (bicyclic) bond motifs is 1. The van der Waals surface area contributed by atoms with Gasteiger partial charge in [-0.05, 0) is 6.92 Å². The van der Waals surface area contributed by atoms with Gasteiger partial charge in [-0.1, -0.05) is 0 Å². The number of rotatable bonds is 3. The van der Waals surface area contributed by atoms with E-state index in [1.54, 1.807) is 4.52 Å². The highest BCUT2D eigenvalue weighted by Crippen LogP contribution is 2.14. The molecule has 2 rings (SSSR count). The van der Waals surface area contributed by atoms with Crippen LogP contribution in [0.25, 0.3) is 5.78 Å². The van der Waals surface area contributed by atoms with Gasteiger partial charge in [-0.2, -0.15) is 19.9 Å². The van der Waals surface area contributed by atoms with E-state index in [9.17, 15) is 0 Å². The van der Waals surface area contributed by atoms with Crippen LogP contribution in [0.1, 0.15) is 12.1 Å². The van der Waals surface area contributed by atoms with E-state index in [0.717, 1.165) is 11.5 Å². The zero-order valence-corrected chi connectivity index (χ0v) is 9.25. The van der Waals surface area contributed by atoms with Gasteiger partial charge in [-0.15, -0.1) is 0 Å². The zero-order valence-electron chi connectivity index (χ0n) is 9.25. The predicted octanol–water partition coefficient (Wildman–Crippen LogP) is 0.783. The molecule has 0 aliphatic heterocycles. The number of nitrogens with zero attached hydrogens (tertiary/aromatic N) is 6. The molecule has 0 aromatic carbocycles. The molecule has 0 aliphatic carbocycles. The molecular formula is C10H12N6. The van der Waals surface area contributed by atoms with E-state index in [2.05, 4.69) is 21.1 Å². The highest BCUT2D eigenvalue weighted by atomic mass is 15.4. The van der Waals surface area contributed by atoms with Crippen molar-refractivity contribution >= 4 is 11.6 Å². The lowest BCUT2D eigenvalue weighted by atomic mass is 10.3. The van der Waals surface area contributed by atoms with Gasteiger partial charge in [0.25, 0.3) is 5.78 Å². The second-order valence-corrected chi connectivity index (χ2v) is 3.56. The Morgan fingerprint density at radius 1 is 1.56 bits per heavy atom. The molecule has 0 amide bonds. The van der Waals surface area contributed by atoms with Gasteiger partial charge in [0.2, 0.25) is 0 Å². The molecule has 0 bridgehead atoms. The minimum Gasteiger partial charge on any atom is -0.358 e. The maximum Gasteiger partial charge on any atom is 0.254 e. The van der Waals surface area contributed by atoms with Crippen molar-refractivity contribution in [1.82, 2.24) is 19.6 Å². The molecule has 16 heavy (non-hydrogen) atoms. The van der Waals surface area contributed by atoms with Crippen molar-refractivity contribution in [1.29, 1.82) is 5.26 Å². The van der Waals surface area contributed by atoms with Crippen molar-refractivity contribution in [3.05, 3.63) is 18.1 Å². The van der Waals surface area contributed by atoms with Crippen molar-refractivity contribution < 1.29 is 0 Å². The quantitative estimate of drug-likeness (QED) is 0.758. The molecule has 0 N–H and O–H groups in total. The Morgan fingerprint density at radius 3 is 3.12 bits per heavy atom. The molecule has 0 atom stereocenters. The minimum atomic E-state index is 0.480. The lowest BCUT2D eigenvalue weighted by Crippen LogP contribution is -2.21. The van der Waals surface area contributed by atoms with Gasteiger partial charge in [-0.25, -0.2) is 4.98 Å². The molecule has 6 nitrogen and oxygen atoms in total. The summed E-state index contributed by atoms with van der Waals surface area (Å²) in [5, 5.41) is 12.7. The number of hydrogen-bond acceptors (Lipinski definition) is 5. The third kappa shape index (κ3) is 1.80. The summed E-state index contributed by atoms with van der Waals surface area (Å²) in [6.45, 7) is 2.57. The largest absolute Gasteiger partial charge is 0.358 e. The fourth-order valence-electron chi connectivity index (χ4n) is 1.52. The number of hydrogen-bond donors (Lipinski definition) is 0. The summed E-state index contributed by atoms with van der Waals surface area (Å²) in [5.41, 5.74) is 0.888. The van der Waals surface area contributed by atoms with E-state index in [1.807, 2.05) is 24.9 Å². The molecule has 0 aliphatic rings. The van der Waals surface area contributed by atoms with Gasteiger partial charge in [-0.3, -0.25) is 0 Å². The first-order valence-electron chi connectivity index (χ1n) is 4.98. The van der Waals surface area contributed by atoms with Gasteiger partial charge in [0.05, 0.1) is 12.5 Å². The molecule has 0 saturated heterocycles. The molecular weight excluding hydrogens is 204 g/mol. The van der Waals surface area contributed by atoms with Crippen LogP contribution in [0.15, 0.2) is 12.4 Å². The van der Waals surface area contributed by atoms with Crippen molar-refractivity contribution in [3.63, 3.8) is 0 Å². The standard InChI is InChI=1S/C10H12N6/c1-8-6-9(15(2)5-3-4-11)16-10(14-8)12-7-13-16/h6-7H,3,5H2,1-2H3. The van der Waals surface area contributed by atoms with Crippen LogP contribution < -0.4 is 4.90 Å². The summed E-state index contributed by atoms with van der Waals surface area (Å²) in [6, 6.07) is 4.05. The molecule has 2 heterocycles. The third-order valence-corrected chi connectivity index (χ3v) is 2.31. The second-order valence-electron chi connectivity index (χ2n) is 3.56. The number of nitriles is 1. The Hall–Kier alpha value is -2.16. The molecule has 82 valence electrons. The van der Waals surface area contributed by atoms with Gasteiger partial charge < -0.3 is 4.90 Å². The lowest BCUT2D eigenvalue weighted by Gasteiger charge is -2.18. The molecule has 0 fully saturated rings. The van der Waals surface area contributed by atoms with Crippen LogP contribution in [0.2, 0.25) is 0 Å². The summed E-state index contributed by atoms with van der Waals surface area (Å²) in [5.74, 6) is 1.48. The fourth-order valence-corrected chi connectivity index (χ4v) is 1.52. The van der Waals surface area contributed by atoms with Gasteiger partial charge in [0.1, 0.15) is 12.1 Å².